The number of carbonyl (C=O) groups is 1. The number of aromatic nitrogens is 4. The molecule has 0 fully saturated rings. The summed E-state index contributed by atoms with van der Waals surface area (Å²) >= 11 is 1.32. The lowest BCUT2D eigenvalue weighted by Crippen LogP contribution is -2.32. The molecule has 8 nitrogen and oxygen atoms in total. The average molecular weight is 414 g/mol. The first-order chi connectivity index (χ1) is 14.1. The van der Waals surface area contributed by atoms with Crippen molar-refractivity contribution in [2.75, 3.05) is 20.8 Å². The van der Waals surface area contributed by atoms with Crippen molar-refractivity contribution in [3.05, 3.63) is 54.1 Å². The summed E-state index contributed by atoms with van der Waals surface area (Å²) in [5.41, 5.74) is 1.90. The fourth-order valence-electron chi connectivity index (χ4n) is 2.71. The molecule has 29 heavy (non-hydrogen) atoms. The topological polar surface area (TPSA) is 91.2 Å². The highest BCUT2D eigenvalue weighted by Crippen LogP contribution is 2.27. The maximum absolute atomic E-state index is 12.5. The van der Waals surface area contributed by atoms with Crippen LogP contribution in [-0.4, -0.2) is 52.1 Å². The first-order valence-corrected chi connectivity index (χ1v) is 9.99. The molecule has 1 atom stereocenters. The molecule has 0 radical (unpaired) electrons. The number of para-hydroxylation sites is 1. The minimum atomic E-state index is -0.339. The number of benzene rings is 2. The number of ether oxygens (including phenoxy) is 2. The van der Waals surface area contributed by atoms with Gasteiger partial charge in [0.25, 0.3) is 0 Å². The lowest BCUT2D eigenvalue weighted by atomic mass is 10.1. The fourth-order valence-corrected chi connectivity index (χ4v) is 3.54. The number of thioether (sulfide) groups is 1. The summed E-state index contributed by atoms with van der Waals surface area (Å²) in [4.78, 5) is 12.5. The van der Waals surface area contributed by atoms with Gasteiger partial charge in [0.1, 0.15) is 0 Å². The molecule has 0 aliphatic rings. The Hall–Kier alpha value is -3.07. The van der Waals surface area contributed by atoms with Crippen LogP contribution < -0.4 is 14.8 Å². The summed E-state index contributed by atoms with van der Waals surface area (Å²) in [5.74, 6) is 1.28. The van der Waals surface area contributed by atoms with Crippen LogP contribution in [0, 0.1) is 0 Å². The van der Waals surface area contributed by atoms with E-state index in [0.717, 1.165) is 11.3 Å². The van der Waals surface area contributed by atoms with E-state index in [4.69, 9.17) is 9.47 Å². The maximum atomic E-state index is 12.5. The number of nitrogens with one attached hydrogen (secondary N) is 1. The van der Waals surface area contributed by atoms with Crippen molar-refractivity contribution in [1.82, 2.24) is 25.5 Å². The fraction of sp³-hybridized carbons (Fsp3) is 0.300. The van der Waals surface area contributed by atoms with Gasteiger partial charge in [0.15, 0.2) is 11.5 Å². The van der Waals surface area contributed by atoms with E-state index in [1.165, 1.54) is 11.8 Å². The first-order valence-electron chi connectivity index (χ1n) is 9.11. The molecule has 0 aliphatic carbocycles. The Morgan fingerprint density at radius 3 is 2.62 bits per heavy atom. The summed E-state index contributed by atoms with van der Waals surface area (Å²) in [6, 6.07) is 15.3. The van der Waals surface area contributed by atoms with Gasteiger partial charge in [-0.3, -0.25) is 4.79 Å². The predicted molar refractivity (Wildman–Crippen MR) is 111 cm³/mol. The normalized spacial score (nSPS) is 11.7. The van der Waals surface area contributed by atoms with E-state index in [1.807, 2.05) is 55.5 Å². The molecule has 9 heteroatoms. The Kier molecular flexibility index (Phi) is 7.07. The molecular formula is C20H23N5O3S. The second-order valence-electron chi connectivity index (χ2n) is 6.20. The molecule has 0 unspecified atom stereocenters. The van der Waals surface area contributed by atoms with E-state index in [1.54, 1.807) is 18.9 Å². The minimum absolute atomic E-state index is 0.0712. The molecule has 0 bridgehead atoms. The molecule has 3 aromatic rings. The monoisotopic (exact) mass is 413 g/mol. The van der Waals surface area contributed by atoms with Crippen LogP contribution in [0.1, 0.15) is 12.5 Å². The van der Waals surface area contributed by atoms with Gasteiger partial charge in [0.05, 0.1) is 25.2 Å². The van der Waals surface area contributed by atoms with E-state index >= 15 is 0 Å². The van der Waals surface area contributed by atoms with Crippen molar-refractivity contribution in [3.63, 3.8) is 0 Å². The van der Waals surface area contributed by atoms with Crippen LogP contribution in [0.2, 0.25) is 0 Å². The molecule has 1 N–H and O–H groups in total. The highest BCUT2D eigenvalue weighted by atomic mass is 32.2. The Bertz CT molecular complexity index is 948. The van der Waals surface area contributed by atoms with Gasteiger partial charge in [-0.25, -0.2) is 0 Å². The quantitative estimate of drug-likeness (QED) is 0.539. The van der Waals surface area contributed by atoms with Crippen LogP contribution in [-0.2, 0) is 11.2 Å². The third-order valence-electron chi connectivity index (χ3n) is 4.25. The van der Waals surface area contributed by atoms with Crippen molar-refractivity contribution in [1.29, 1.82) is 0 Å². The maximum Gasteiger partial charge on any atom is 0.233 e. The molecule has 0 saturated carbocycles. The van der Waals surface area contributed by atoms with Gasteiger partial charge in [-0.1, -0.05) is 36.0 Å². The molecule has 1 heterocycles. The minimum Gasteiger partial charge on any atom is -0.493 e. The lowest BCUT2D eigenvalue weighted by Gasteiger charge is -2.12. The molecule has 152 valence electrons. The number of nitrogens with zero attached hydrogens (tertiary/aromatic N) is 4. The summed E-state index contributed by atoms with van der Waals surface area (Å²) in [6.45, 7) is 2.35. The van der Waals surface area contributed by atoms with Crippen LogP contribution >= 0.6 is 11.8 Å². The van der Waals surface area contributed by atoms with Gasteiger partial charge >= 0.3 is 0 Å². The summed E-state index contributed by atoms with van der Waals surface area (Å²) in [7, 11) is 3.20. The van der Waals surface area contributed by atoms with Crippen LogP contribution in [0.25, 0.3) is 5.69 Å². The van der Waals surface area contributed by atoms with Gasteiger partial charge in [-0.15, -0.1) is 5.10 Å². The molecule has 1 amide bonds. The number of amides is 1. The van der Waals surface area contributed by atoms with E-state index in [9.17, 15) is 4.79 Å². The van der Waals surface area contributed by atoms with Crippen molar-refractivity contribution in [2.24, 2.45) is 0 Å². The first kappa shape index (κ1) is 20.7. The van der Waals surface area contributed by atoms with Crippen molar-refractivity contribution < 1.29 is 14.3 Å². The SMILES string of the molecule is COc1ccc(CCNC(=O)[C@H](C)Sc2nnnn2-c2ccccc2)cc1OC. The van der Waals surface area contributed by atoms with Gasteiger partial charge in [0.2, 0.25) is 11.1 Å². The Morgan fingerprint density at radius 1 is 1.14 bits per heavy atom. The van der Waals surface area contributed by atoms with Crippen molar-refractivity contribution in [2.45, 2.75) is 23.8 Å². The van der Waals surface area contributed by atoms with Crippen LogP contribution in [0.3, 0.4) is 0 Å². The standard InChI is InChI=1S/C20H23N5O3S/c1-14(29-20-22-23-24-25(20)16-7-5-4-6-8-16)19(26)21-12-11-15-9-10-17(27-2)18(13-15)28-3/h4-10,13-14H,11-12H2,1-3H3,(H,21,26)/t14-/m0/s1. The molecule has 0 spiro atoms. The third kappa shape index (κ3) is 5.26. The van der Waals surface area contributed by atoms with Gasteiger partial charge < -0.3 is 14.8 Å². The third-order valence-corrected chi connectivity index (χ3v) is 5.29. The van der Waals surface area contributed by atoms with Crippen LogP contribution in [0.15, 0.2) is 53.7 Å². The molecule has 0 saturated heterocycles. The van der Waals surface area contributed by atoms with E-state index in [-0.39, 0.29) is 11.2 Å². The molecule has 0 aliphatic heterocycles. The average Bonchev–Trinajstić information content (AvgIpc) is 3.22. The molecule has 3 rings (SSSR count). The summed E-state index contributed by atoms with van der Waals surface area (Å²) < 4.78 is 12.2. The smallest absolute Gasteiger partial charge is 0.233 e. The summed E-state index contributed by atoms with van der Waals surface area (Å²) in [6.07, 6.45) is 0.686. The van der Waals surface area contributed by atoms with E-state index in [2.05, 4.69) is 20.8 Å². The van der Waals surface area contributed by atoms with Crippen LogP contribution in [0.4, 0.5) is 0 Å². The number of tetrazole rings is 1. The van der Waals surface area contributed by atoms with Gasteiger partial charge in [-0.2, -0.15) is 4.68 Å². The predicted octanol–water partition coefficient (Wildman–Crippen LogP) is 2.52. The zero-order valence-corrected chi connectivity index (χ0v) is 17.3. The van der Waals surface area contributed by atoms with Crippen molar-refractivity contribution in [3.8, 4) is 17.2 Å². The Morgan fingerprint density at radius 2 is 1.90 bits per heavy atom. The van der Waals surface area contributed by atoms with Crippen LogP contribution in [0.5, 0.6) is 11.5 Å². The van der Waals surface area contributed by atoms with Crippen molar-refractivity contribution >= 4 is 17.7 Å². The highest BCUT2D eigenvalue weighted by molar-refractivity contribution is 8.00. The number of hydrogen-bond donors (Lipinski definition) is 1. The number of carbonyl (C=O) groups excluding carboxylic acids is 1. The molecule has 1 aromatic heterocycles. The molecule has 2 aromatic carbocycles. The second kappa shape index (κ2) is 9.92. The zero-order valence-electron chi connectivity index (χ0n) is 16.5. The highest BCUT2D eigenvalue weighted by Gasteiger charge is 2.19. The van der Waals surface area contributed by atoms with E-state index in [0.29, 0.717) is 29.6 Å². The zero-order chi connectivity index (χ0) is 20.6. The van der Waals surface area contributed by atoms with Gasteiger partial charge in [0, 0.05) is 6.54 Å². The Labute approximate surface area is 173 Å². The lowest BCUT2D eigenvalue weighted by molar-refractivity contribution is -0.120. The van der Waals surface area contributed by atoms with Gasteiger partial charge in [-0.05, 0) is 53.6 Å². The number of methoxy groups -OCH3 is 2. The largest absolute Gasteiger partial charge is 0.493 e. The Balaban J connectivity index is 1.54. The molecular weight excluding hydrogens is 390 g/mol. The second-order valence-corrected chi connectivity index (χ2v) is 7.51. The van der Waals surface area contributed by atoms with E-state index < -0.39 is 0 Å². The number of hydrogen-bond acceptors (Lipinski definition) is 7. The summed E-state index contributed by atoms with van der Waals surface area (Å²) in [5, 5.41) is 15.0. The number of rotatable bonds is 9.